The zero-order chi connectivity index (χ0) is 18.9. The van der Waals surface area contributed by atoms with Crippen LogP contribution >= 0.6 is 11.3 Å². The first-order chi connectivity index (χ1) is 13.0. The third-order valence-corrected chi connectivity index (χ3v) is 5.24. The molecule has 1 saturated heterocycles. The van der Waals surface area contributed by atoms with Crippen LogP contribution in [0.15, 0.2) is 60.0 Å². The van der Waals surface area contributed by atoms with Crippen LogP contribution in [0.1, 0.15) is 19.4 Å². The van der Waals surface area contributed by atoms with Crippen LogP contribution < -0.4 is 9.64 Å². The van der Waals surface area contributed by atoms with Crippen molar-refractivity contribution in [2.75, 3.05) is 11.5 Å². The highest BCUT2D eigenvalue weighted by Gasteiger charge is 2.42. The van der Waals surface area contributed by atoms with Gasteiger partial charge in [0.1, 0.15) is 19.0 Å². The van der Waals surface area contributed by atoms with Crippen molar-refractivity contribution in [3.63, 3.8) is 0 Å². The van der Waals surface area contributed by atoms with Crippen molar-refractivity contribution in [1.82, 2.24) is 4.98 Å². The predicted molar refractivity (Wildman–Crippen MR) is 106 cm³/mol. The van der Waals surface area contributed by atoms with Gasteiger partial charge in [-0.1, -0.05) is 30.3 Å². The van der Waals surface area contributed by atoms with Crippen molar-refractivity contribution in [2.45, 2.75) is 26.0 Å². The minimum absolute atomic E-state index is 0.342. The van der Waals surface area contributed by atoms with Crippen molar-refractivity contribution >= 4 is 22.6 Å². The first-order valence-corrected chi connectivity index (χ1v) is 9.61. The lowest BCUT2D eigenvalue weighted by Crippen LogP contribution is -2.42. The summed E-state index contributed by atoms with van der Waals surface area (Å²) in [6, 6.07) is 17.9. The van der Waals surface area contributed by atoms with E-state index in [4.69, 9.17) is 9.47 Å². The van der Waals surface area contributed by atoms with Crippen LogP contribution in [0.4, 0.5) is 9.93 Å². The molecule has 0 radical (unpaired) electrons. The monoisotopic (exact) mass is 380 g/mol. The summed E-state index contributed by atoms with van der Waals surface area (Å²) < 4.78 is 11.0. The maximum Gasteiger partial charge on any atom is 0.416 e. The molecule has 0 atom stereocenters. The highest BCUT2D eigenvalue weighted by molar-refractivity contribution is 7.14. The SMILES string of the molecule is CC1(C)COC(=O)N1c1nc(-c2ccc(OCc3ccccc3)cc2)cs1. The minimum atomic E-state index is -0.388. The van der Waals surface area contributed by atoms with Crippen molar-refractivity contribution in [3.05, 3.63) is 65.5 Å². The van der Waals surface area contributed by atoms with Gasteiger partial charge < -0.3 is 9.47 Å². The number of aromatic nitrogens is 1. The molecule has 0 spiro atoms. The van der Waals surface area contributed by atoms with Crippen LogP contribution in [0.3, 0.4) is 0 Å². The molecule has 27 heavy (non-hydrogen) atoms. The van der Waals surface area contributed by atoms with E-state index in [2.05, 4.69) is 4.98 Å². The van der Waals surface area contributed by atoms with E-state index in [1.54, 1.807) is 4.90 Å². The molecule has 1 fully saturated rings. The number of rotatable bonds is 5. The van der Waals surface area contributed by atoms with E-state index in [1.165, 1.54) is 11.3 Å². The van der Waals surface area contributed by atoms with Gasteiger partial charge in [-0.15, -0.1) is 11.3 Å². The van der Waals surface area contributed by atoms with Crippen LogP contribution in [0.25, 0.3) is 11.3 Å². The molecule has 0 N–H and O–H groups in total. The molecular formula is C21H20N2O3S. The molecule has 1 aliphatic rings. The number of carbonyl (C=O) groups excluding carboxylic acids is 1. The van der Waals surface area contributed by atoms with E-state index < -0.39 is 0 Å². The molecule has 4 rings (SSSR count). The van der Waals surface area contributed by atoms with Crippen LogP contribution in [0.5, 0.6) is 5.75 Å². The average Bonchev–Trinajstić information content (AvgIpc) is 3.25. The fourth-order valence-corrected chi connectivity index (χ4v) is 3.90. The summed E-state index contributed by atoms with van der Waals surface area (Å²) in [5.41, 5.74) is 2.56. The molecule has 1 aliphatic heterocycles. The van der Waals surface area contributed by atoms with Gasteiger partial charge in [0.05, 0.1) is 11.2 Å². The number of hydrogen-bond acceptors (Lipinski definition) is 5. The van der Waals surface area contributed by atoms with E-state index in [0.29, 0.717) is 18.3 Å². The molecule has 2 aromatic carbocycles. The number of amides is 1. The van der Waals surface area contributed by atoms with Crippen molar-refractivity contribution in [3.8, 4) is 17.0 Å². The maximum absolute atomic E-state index is 12.0. The first-order valence-electron chi connectivity index (χ1n) is 8.73. The van der Waals surface area contributed by atoms with Crippen LogP contribution in [-0.2, 0) is 11.3 Å². The van der Waals surface area contributed by atoms with Gasteiger partial charge in [-0.05, 0) is 43.7 Å². The Morgan fingerprint density at radius 1 is 1.15 bits per heavy atom. The zero-order valence-corrected chi connectivity index (χ0v) is 16.0. The summed E-state index contributed by atoms with van der Waals surface area (Å²) in [7, 11) is 0. The average molecular weight is 380 g/mol. The van der Waals surface area contributed by atoms with E-state index in [-0.39, 0.29) is 11.6 Å². The van der Waals surface area contributed by atoms with E-state index in [0.717, 1.165) is 22.6 Å². The molecule has 3 aromatic rings. The number of carbonyl (C=O) groups is 1. The van der Waals surface area contributed by atoms with E-state index in [1.807, 2.05) is 73.8 Å². The summed E-state index contributed by atoms with van der Waals surface area (Å²) in [4.78, 5) is 18.3. The molecule has 0 bridgehead atoms. The molecule has 6 heteroatoms. The lowest BCUT2D eigenvalue weighted by molar-refractivity contribution is 0.175. The zero-order valence-electron chi connectivity index (χ0n) is 15.2. The highest BCUT2D eigenvalue weighted by atomic mass is 32.1. The van der Waals surface area contributed by atoms with E-state index >= 15 is 0 Å². The van der Waals surface area contributed by atoms with Gasteiger partial charge in [-0.3, -0.25) is 0 Å². The fraction of sp³-hybridized carbons (Fsp3) is 0.238. The molecule has 138 valence electrons. The standard InChI is InChI=1S/C21H20N2O3S/c1-21(2)14-26-20(24)23(21)19-22-18(13-27-19)16-8-10-17(11-9-16)25-12-15-6-4-3-5-7-15/h3-11,13H,12,14H2,1-2H3. The lowest BCUT2D eigenvalue weighted by Gasteiger charge is -2.24. The summed E-state index contributed by atoms with van der Waals surface area (Å²) in [5.74, 6) is 0.808. The largest absolute Gasteiger partial charge is 0.489 e. The normalized spacial score (nSPS) is 15.6. The van der Waals surface area contributed by atoms with Gasteiger partial charge in [0.2, 0.25) is 0 Å². The molecule has 5 nitrogen and oxygen atoms in total. The van der Waals surface area contributed by atoms with E-state index in [9.17, 15) is 4.79 Å². The molecule has 0 saturated carbocycles. The summed E-state index contributed by atoms with van der Waals surface area (Å²) in [5, 5.41) is 2.61. The summed E-state index contributed by atoms with van der Waals surface area (Å²) in [6.07, 6.45) is -0.342. The van der Waals surface area contributed by atoms with Gasteiger partial charge >= 0.3 is 6.09 Å². The second kappa shape index (κ2) is 7.04. The van der Waals surface area contributed by atoms with Crippen molar-refractivity contribution in [2.24, 2.45) is 0 Å². The Labute approximate surface area is 162 Å². The van der Waals surface area contributed by atoms with Crippen molar-refractivity contribution < 1.29 is 14.3 Å². The Morgan fingerprint density at radius 2 is 1.89 bits per heavy atom. The van der Waals surface area contributed by atoms with Gasteiger partial charge in [0.15, 0.2) is 5.13 Å². The smallest absolute Gasteiger partial charge is 0.416 e. The van der Waals surface area contributed by atoms with Crippen LogP contribution in [0.2, 0.25) is 0 Å². The number of cyclic esters (lactones) is 1. The third-order valence-electron chi connectivity index (χ3n) is 4.42. The van der Waals surface area contributed by atoms with Gasteiger partial charge in [0.25, 0.3) is 0 Å². The van der Waals surface area contributed by atoms with Crippen molar-refractivity contribution in [1.29, 1.82) is 0 Å². The van der Waals surface area contributed by atoms with Crippen LogP contribution in [-0.4, -0.2) is 23.2 Å². The second-order valence-electron chi connectivity index (χ2n) is 7.02. The Kier molecular flexibility index (Phi) is 4.58. The molecule has 2 heterocycles. The number of anilines is 1. The maximum atomic E-state index is 12.0. The third kappa shape index (κ3) is 3.66. The summed E-state index contributed by atoms with van der Waals surface area (Å²) >= 11 is 1.44. The number of thiazole rings is 1. The van der Waals surface area contributed by atoms with Gasteiger partial charge in [-0.25, -0.2) is 14.7 Å². The Balaban J connectivity index is 1.47. The first kappa shape index (κ1) is 17.5. The van der Waals surface area contributed by atoms with Gasteiger partial charge in [-0.2, -0.15) is 0 Å². The molecule has 1 amide bonds. The molecule has 1 aromatic heterocycles. The second-order valence-corrected chi connectivity index (χ2v) is 7.85. The fourth-order valence-electron chi connectivity index (χ4n) is 2.91. The quantitative estimate of drug-likeness (QED) is 0.616. The molecular weight excluding hydrogens is 360 g/mol. The Morgan fingerprint density at radius 3 is 2.56 bits per heavy atom. The number of ether oxygens (including phenoxy) is 2. The number of benzene rings is 2. The van der Waals surface area contributed by atoms with Crippen LogP contribution in [0, 0.1) is 0 Å². The number of nitrogens with zero attached hydrogens (tertiary/aromatic N) is 2. The predicted octanol–water partition coefficient (Wildman–Crippen LogP) is 5.12. The molecule has 0 unspecified atom stereocenters. The molecule has 0 aliphatic carbocycles. The number of hydrogen-bond donors (Lipinski definition) is 0. The lowest BCUT2D eigenvalue weighted by atomic mass is 10.1. The van der Waals surface area contributed by atoms with Gasteiger partial charge in [0, 0.05) is 10.9 Å². The topological polar surface area (TPSA) is 51.7 Å². The highest BCUT2D eigenvalue weighted by Crippen LogP contribution is 2.35. The summed E-state index contributed by atoms with van der Waals surface area (Å²) in [6.45, 7) is 4.84. The Bertz CT molecular complexity index is 936. The minimum Gasteiger partial charge on any atom is -0.489 e. The Hall–Kier alpha value is -2.86.